The highest BCUT2D eigenvalue weighted by molar-refractivity contribution is 5.62. The van der Waals surface area contributed by atoms with Crippen molar-refractivity contribution in [2.75, 3.05) is 13.7 Å². The van der Waals surface area contributed by atoms with Crippen LogP contribution in [0.5, 0.6) is 5.75 Å². The van der Waals surface area contributed by atoms with Crippen LogP contribution in [0.3, 0.4) is 0 Å². The number of methoxy groups -OCH3 is 1. The van der Waals surface area contributed by atoms with Gasteiger partial charge >= 0.3 is 0 Å². The molecule has 3 rings (SSSR count). The molecule has 2 aromatic carbocycles. The summed E-state index contributed by atoms with van der Waals surface area (Å²) in [5, 5.41) is 3.49. The fourth-order valence-corrected chi connectivity index (χ4v) is 2.92. The lowest BCUT2D eigenvalue weighted by Gasteiger charge is -2.15. The van der Waals surface area contributed by atoms with Crippen molar-refractivity contribution in [3.05, 3.63) is 83.9 Å². The van der Waals surface area contributed by atoms with Gasteiger partial charge in [0, 0.05) is 18.4 Å². The third-order valence-corrected chi connectivity index (χ3v) is 4.50. The third kappa shape index (κ3) is 4.46. The minimum atomic E-state index is -0.315. The molecule has 3 nitrogen and oxygen atoms in total. The Morgan fingerprint density at radius 1 is 1.00 bits per heavy atom. The van der Waals surface area contributed by atoms with Gasteiger partial charge < -0.3 is 10.1 Å². The van der Waals surface area contributed by atoms with E-state index >= 15 is 0 Å². The van der Waals surface area contributed by atoms with Crippen LogP contribution >= 0.6 is 0 Å². The molecular weight excluding hydrogens is 327 g/mol. The molecule has 1 N–H and O–H groups in total. The van der Waals surface area contributed by atoms with Crippen molar-refractivity contribution in [2.24, 2.45) is 0 Å². The summed E-state index contributed by atoms with van der Waals surface area (Å²) in [6.45, 7) is 2.91. The number of hydrogen-bond donors (Lipinski definition) is 1. The topological polar surface area (TPSA) is 34.1 Å². The van der Waals surface area contributed by atoms with E-state index in [0.717, 1.165) is 24.1 Å². The molecule has 1 atom stereocenters. The zero-order valence-electron chi connectivity index (χ0n) is 15.1. The molecule has 0 fully saturated rings. The van der Waals surface area contributed by atoms with Crippen molar-refractivity contribution in [1.82, 2.24) is 10.3 Å². The van der Waals surface area contributed by atoms with Crippen LogP contribution in [0.15, 0.2) is 67.0 Å². The lowest BCUT2D eigenvalue weighted by molar-refractivity contribution is 0.386. The second-order valence-corrected chi connectivity index (χ2v) is 6.25. The SMILES string of the molecule is COc1ccc(CCNC(C)c2ccc(-c3ccncc3)cc2)cc1F. The number of aromatic nitrogens is 1. The molecule has 0 aliphatic heterocycles. The predicted molar refractivity (Wildman–Crippen MR) is 103 cm³/mol. The molecule has 0 spiro atoms. The van der Waals surface area contributed by atoms with Crippen LogP contribution in [-0.4, -0.2) is 18.6 Å². The molecule has 1 heterocycles. The summed E-state index contributed by atoms with van der Waals surface area (Å²) >= 11 is 0. The van der Waals surface area contributed by atoms with Gasteiger partial charge in [-0.25, -0.2) is 4.39 Å². The first-order valence-electron chi connectivity index (χ1n) is 8.73. The molecule has 0 aliphatic rings. The van der Waals surface area contributed by atoms with Crippen LogP contribution in [0, 0.1) is 5.82 Å². The maximum absolute atomic E-state index is 13.7. The van der Waals surface area contributed by atoms with Crippen molar-refractivity contribution >= 4 is 0 Å². The van der Waals surface area contributed by atoms with E-state index in [1.165, 1.54) is 24.3 Å². The van der Waals surface area contributed by atoms with Gasteiger partial charge in [0.1, 0.15) is 0 Å². The van der Waals surface area contributed by atoms with Gasteiger partial charge in [-0.3, -0.25) is 4.98 Å². The second-order valence-electron chi connectivity index (χ2n) is 6.25. The van der Waals surface area contributed by atoms with E-state index in [0.29, 0.717) is 0 Å². The maximum Gasteiger partial charge on any atom is 0.165 e. The van der Waals surface area contributed by atoms with Crippen LogP contribution in [-0.2, 0) is 6.42 Å². The molecule has 0 bridgehead atoms. The summed E-state index contributed by atoms with van der Waals surface area (Å²) in [7, 11) is 1.47. The molecule has 0 aliphatic carbocycles. The first-order valence-corrected chi connectivity index (χ1v) is 8.73. The fourth-order valence-electron chi connectivity index (χ4n) is 2.92. The number of rotatable bonds is 7. The Morgan fingerprint density at radius 2 is 1.69 bits per heavy atom. The van der Waals surface area contributed by atoms with Crippen LogP contribution in [0.4, 0.5) is 4.39 Å². The Balaban J connectivity index is 1.55. The highest BCUT2D eigenvalue weighted by atomic mass is 19.1. The number of nitrogens with one attached hydrogen (secondary N) is 1. The molecule has 3 aromatic rings. The average molecular weight is 350 g/mol. The zero-order valence-corrected chi connectivity index (χ0v) is 15.1. The van der Waals surface area contributed by atoms with Crippen molar-refractivity contribution in [3.63, 3.8) is 0 Å². The number of benzene rings is 2. The van der Waals surface area contributed by atoms with Gasteiger partial charge in [0.25, 0.3) is 0 Å². The Kier molecular flexibility index (Phi) is 5.97. The molecular formula is C22H23FN2O. The van der Waals surface area contributed by atoms with Gasteiger partial charge in [-0.05, 0) is 66.4 Å². The second kappa shape index (κ2) is 8.59. The van der Waals surface area contributed by atoms with Gasteiger partial charge in [0.2, 0.25) is 0 Å². The van der Waals surface area contributed by atoms with Gasteiger partial charge in [-0.15, -0.1) is 0 Å². The van der Waals surface area contributed by atoms with Crippen LogP contribution < -0.4 is 10.1 Å². The zero-order chi connectivity index (χ0) is 18.4. The van der Waals surface area contributed by atoms with E-state index < -0.39 is 0 Å². The van der Waals surface area contributed by atoms with Crippen LogP contribution in [0.2, 0.25) is 0 Å². The van der Waals surface area contributed by atoms with Gasteiger partial charge in [-0.1, -0.05) is 30.3 Å². The number of hydrogen-bond acceptors (Lipinski definition) is 3. The summed E-state index contributed by atoms with van der Waals surface area (Å²) in [5.74, 6) is -0.0332. The quantitative estimate of drug-likeness (QED) is 0.665. The van der Waals surface area contributed by atoms with Crippen molar-refractivity contribution in [1.29, 1.82) is 0 Å². The normalized spacial score (nSPS) is 12.0. The fraction of sp³-hybridized carbons (Fsp3) is 0.227. The van der Waals surface area contributed by atoms with Gasteiger partial charge in [-0.2, -0.15) is 0 Å². The summed E-state index contributed by atoms with van der Waals surface area (Å²) < 4.78 is 18.7. The molecule has 4 heteroatoms. The van der Waals surface area contributed by atoms with Gasteiger partial charge in [0.15, 0.2) is 11.6 Å². The monoisotopic (exact) mass is 350 g/mol. The first kappa shape index (κ1) is 18.1. The Hall–Kier alpha value is -2.72. The largest absolute Gasteiger partial charge is 0.494 e. The minimum Gasteiger partial charge on any atom is -0.494 e. The molecule has 0 saturated carbocycles. The third-order valence-electron chi connectivity index (χ3n) is 4.50. The van der Waals surface area contributed by atoms with E-state index in [4.69, 9.17) is 4.74 Å². The maximum atomic E-state index is 13.7. The van der Waals surface area contributed by atoms with Crippen molar-refractivity contribution < 1.29 is 9.13 Å². The molecule has 1 unspecified atom stereocenters. The molecule has 0 radical (unpaired) electrons. The standard InChI is InChI=1S/C22H23FN2O/c1-16(25-14-9-17-3-8-22(26-2)21(23)15-17)18-4-6-19(7-5-18)20-10-12-24-13-11-20/h3-8,10-13,15-16,25H,9,14H2,1-2H3. The van der Waals surface area contributed by atoms with E-state index in [1.807, 2.05) is 18.2 Å². The van der Waals surface area contributed by atoms with E-state index in [1.54, 1.807) is 18.5 Å². The Bertz CT molecular complexity index is 835. The van der Waals surface area contributed by atoms with Gasteiger partial charge in [0.05, 0.1) is 7.11 Å². The van der Waals surface area contributed by atoms with Crippen molar-refractivity contribution in [3.8, 4) is 16.9 Å². The Morgan fingerprint density at radius 3 is 2.35 bits per heavy atom. The average Bonchev–Trinajstić information content (AvgIpc) is 2.69. The number of ether oxygens (including phenoxy) is 1. The highest BCUT2D eigenvalue weighted by Gasteiger charge is 2.07. The highest BCUT2D eigenvalue weighted by Crippen LogP contribution is 2.22. The van der Waals surface area contributed by atoms with Crippen molar-refractivity contribution in [2.45, 2.75) is 19.4 Å². The lowest BCUT2D eigenvalue weighted by atomic mass is 10.0. The summed E-state index contributed by atoms with van der Waals surface area (Å²) in [6, 6.07) is 17.9. The number of nitrogens with zero attached hydrogens (tertiary/aromatic N) is 1. The number of halogens is 1. The van der Waals surface area contributed by atoms with E-state index in [2.05, 4.69) is 41.5 Å². The minimum absolute atomic E-state index is 0.226. The molecule has 26 heavy (non-hydrogen) atoms. The molecule has 0 saturated heterocycles. The molecule has 134 valence electrons. The molecule has 1 aromatic heterocycles. The Labute approximate surface area is 153 Å². The number of pyridine rings is 1. The predicted octanol–water partition coefficient (Wildman–Crippen LogP) is 4.79. The summed E-state index contributed by atoms with van der Waals surface area (Å²) in [6.07, 6.45) is 4.37. The smallest absolute Gasteiger partial charge is 0.165 e. The van der Waals surface area contributed by atoms with E-state index in [-0.39, 0.29) is 17.6 Å². The lowest BCUT2D eigenvalue weighted by Crippen LogP contribution is -2.21. The summed E-state index contributed by atoms with van der Waals surface area (Å²) in [4.78, 5) is 4.05. The van der Waals surface area contributed by atoms with Crippen LogP contribution in [0.25, 0.3) is 11.1 Å². The molecule has 0 amide bonds. The van der Waals surface area contributed by atoms with E-state index in [9.17, 15) is 4.39 Å². The first-order chi connectivity index (χ1) is 12.7. The van der Waals surface area contributed by atoms with Crippen LogP contribution in [0.1, 0.15) is 24.1 Å². The summed E-state index contributed by atoms with van der Waals surface area (Å²) in [5.41, 5.74) is 4.52.